The first kappa shape index (κ1) is 11.8. The summed E-state index contributed by atoms with van der Waals surface area (Å²) in [6, 6.07) is 5.57. The number of hydrogen-bond acceptors (Lipinski definition) is 4. The van der Waals surface area contributed by atoms with Crippen LogP contribution >= 0.6 is 0 Å². The lowest BCUT2D eigenvalue weighted by Gasteiger charge is -2.17. The van der Waals surface area contributed by atoms with Gasteiger partial charge >= 0.3 is 0 Å². The molecule has 2 aliphatic rings. The van der Waals surface area contributed by atoms with Gasteiger partial charge in [0, 0.05) is 6.42 Å². The number of rotatable bonds is 3. The molecule has 2 saturated heterocycles. The van der Waals surface area contributed by atoms with Gasteiger partial charge in [-0.25, -0.2) is 0 Å². The molecule has 2 bridgehead atoms. The Kier molecular flexibility index (Phi) is 2.70. The van der Waals surface area contributed by atoms with Crippen LogP contribution in [0.2, 0.25) is 0 Å². The van der Waals surface area contributed by atoms with Crippen LogP contribution in [0.5, 0.6) is 0 Å². The molecular weight excluding hydrogens is 256 g/mol. The molecule has 6 nitrogen and oxygen atoms in total. The largest absolute Gasteiger partial charge is 0.375 e. The minimum atomic E-state index is 0.0293. The maximum Gasteiger partial charge on any atom is 0.224 e. The van der Waals surface area contributed by atoms with Crippen LogP contribution in [-0.4, -0.2) is 33.5 Å². The number of nitrogens with zero attached hydrogens (tertiary/aromatic N) is 2. The van der Waals surface area contributed by atoms with Gasteiger partial charge < -0.3 is 10.1 Å². The van der Waals surface area contributed by atoms with Crippen molar-refractivity contribution in [2.45, 2.75) is 37.9 Å². The second kappa shape index (κ2) is 4.56. The average Bonchev–Trinajstić information content (AvgIpc) is 3.14. The lowest BCUT2D eigenvalue weighted by molar-refractivity contribution is -0.117. The number of carbonyl (C=O) groups excluding carboxylic acids is 1. The Balaban J connectivity index is 1.46. The zero-order valence-corrected chi connectivity index (χ0v) is 11.0. The zero-order chi connectivity index (χ0) is 13.5. The fourth-order valence-electron chi connectivity index (χ4n) is 3.37. The van der Waals surface area contributed by atoms with Crippen molar-refractivity contribution >= 4 is 22.6 Å². The van der Waals surface area contributed by atoms with Gasteiger partial charge in [-0.05, 0) is 37.3 Å². The number of fused-ring (bicyclic) bond motifs is 3. The van der Waals surface area contributed by atoms with E-state index in [2.05, 4.69) is 20.7 Å². The molecule has 2 aromatic rings. The van der Waals surface area contributed by atoms with Crippen LogP contribution in [0.25, 0.3) is 11.0 Å². The van der Waals surface area contributed by atoms with Gasteiger partial charge in [0.2, 0.25) is 5.91 Å². The van der Waals surface area contributed by atoms with Crippen LogP contribution in [0.15, 0.2) is 18.2 Å². The molecule has 6 heteroatoms. The van der Waals surface area contributed by atoms with Crippen LogP contribution in [0.3, 0.4) is 0 Å². The van der Waals surface area contributed by atoms with E-state index in [0.717, 1.165) is 24.8 Å². The van der Waals surface area contributed by atoms with Gasteiger partial charge in [-0.15, -0.1) is 0 Å². The summed E-state index contributed by atoms with van der Waals surface area (Å²) in [6.45, 7) is 0. The quantitative estimate of drug-likeness (QED) is 0.893. The predicted octanol–water partition coefficient (Wildman–Crippen LogP) is 1.85. The molecule has 3 heterocycles. The van der Waals surface area contributed by atoms with E-state index in [0.29, 0.717) is 29.6 Å². The SMILES string of the molecule is O=C(CC1CC2CCC1O2)Nc1cccc2n[nH]nc12. The Morgan fingerprint density at radius 2 is 2.35 bits per heavy atom. The number of amides is 1. The number of carbonyl (C=O) groups is 1. The highest BCUT2D eigenvalue weighted by molar-refractivity contribution is 5.99. The number of anilines is 1. The number of para-hydroxylation sites is 1. The highest BCUT2D eigenvalue weighted by Gasteiger charge is 2.41. The molecule has 0 aliphatic carbocycles. The Morgan fingerprint density at radius 3 is 3.15 bits per heavy atom. The summed E-state index contributed by atoms with van der Waals surface area (Å²) in [5, 5.41) is 13.6. The van der Waals surface area contributed by atoms with E-state index in [1.165, 1.54) is 0 Å². The summed E-state index contributed by atoms with van der Waals surface area (Å²) in [7, 11) is 0. The third-order valence-electron chi connectivity index (χ3n) is 4.30. The van der Waals surface area contributed by atoms with Gasteiger partial charge in [-0.3, -0.25) is 4.79 Å². The van der Waals surface area contributed by atoms with Gasteiger partial charge in [0.15, 0.2) is 0 Å². The minimum absolute atomic E-state index is 0.0293. The van der Waals surface area contributed by atoms with Crippen LogP contribution in [-0.2, 0) is 9.53 Å². The number of ether oxygens (including phenoxy) is 1. The lowest BCUT2D eigenvalue weighted by atomic mass is 9.87. The number of hydrogen-bond donors (Lipinski definition) is 2. The smallest absolute Gasteiger partial charge is 0.224 e. The van der Waals surface area contributed by atoms with Gasteiger partial charge in [-0.1, -0.05) is 6.07 Å². The predicted molar refractivity (Wildman–Crippen MR) is 73.1 cm³/mol. The Morgan fingerprint density at radius 1 is 1.40 bits per heavy atom. The van der Waals surface area contributed by atoms with Crippen molar-refractivity contribution < 1.29 is 9.53 Å². The fourth-order valence-corrected chi connectivity index (χ4v) is 3.37. The van der Waals surface area contributed by atoms with Gasteiger partial charge in [0.05, 0.1) is 17.9 Å². The van der Waals surface area contributed by atoms with Crippen LogP contribution in [0.1, 0.15) is 25.7 Å². The van der Waals surface area contributed by atoms with Crippen LogP contribution in [0, 0.1) is 5.92 Å². The monoisotopic (exact) mass is 272 g/mol. The number of nitrogens with one attached hydrogen (secondary N) is 2. The van der Waals surface area contributed by atoms with E-state index in [9.17, 15) is 4.79 Å². The first-order chi connectivity index (χ1) is 9.79. The van der Waals surface area contributed by atoms with E-state index in [-0.39, 0.29) is 12.0 Å². The van der Waals surface area contributed by atoms with Crippen molar-refractivity contribution in [2.24, 2.45) is 5.92 Å². The number of H-pyrrole nitrogens is 1. The number of aromatic amines is 1. The Labute approximate surface area is 115 Å². The number of aromatic nitrogens is 3. The van der Waals surface area contributed by atoms with E-state index < -0.39 is 0 Å². The molecule has 2 fully saturated rings. The van der Waals surface area contributed by atoms with Crippen molar-refractivity contribution in [1.29, 1.82) is 0 Å². The normalized spacial score (nSPS) is 28.1. The van der Waals surface area contributed by atoms with Gasteiger partial charge in [0.25, 0.3) is 0 Å². The maximum atomic E-state index is 12.2. The molecular formula is C14H16N4O2. The summed E-state index contributed by atoms with van der Waals surface area (Å²) in [5.41, 5.74) is 2.17. The second-order valence-electron chi connectivity index (χ2n) is 5.62. The molecule has 0 radical (unpaired) electrons. The molecule has 0 spiro atoms. The van der Waals surface area contributed by atoms with Crippen LogP contribution < -0.4 is 5.32 Å². The molecule has 0 saturated carbocycles. The molecule has 4 rings (SSSR count). The van der Waals surface area contributed by atoms with Crippen molar-refractivity contribution in [1.82, 2.24) is 15.4 Å². The first-order valence-electron chi connectivity index (χ1n) is 7.04. The van der Waals surface area contributed by atoms with E-state index in [4.69, 9.17) is 4.74 Å². The van der Waals surface area contributed by atoms with Crippen molar-refractivity contribution in [3.63, 3.8) is 0 Å². The second-order valence-corrected chi connectivity index (χ2v) is 5.62. The maximum absolute atomic E-state index is 12.2. The molecule has 2 N–H and O–H groups in total. The third kappa shape index (κ3) is 1.96. The minimum Gasteiger partial charge on any atom is -0.375 e. The molecule has 3 unspecified atom stereocenters. The Hall–Kier alpha value is -1.95. The van der Waals surface area contributed by atoms with Gasteiger partial charge in [0.1, 0.15) is 11.0 Å². The lowest BCUT2D eigenvalue weighted by Crippen LogP contribution is -2.23. The number of benzene rings is 1. The molecule has 2 aliphatic heterocycles. The van der Waals surface area contributed by atoms with Crippen molar-refractivity contribution in [2.75, 3.05) is 5.32 Å². The highest BCUT2D eigenvalue weighted by atomic mass is 16.5. The molecule has 104 valence electrons. The van der Waals surface area contributed by atoms with Gasteiger partial charge in [-0.2, -0.15) is 15.4 Å². The van der Waals surface area contributed by atoms with E-state index in [1.807, 2.05) is 18.2 Å². The molecule has 3 atom stereocenters. The zero-order valence-electron chi connectivity index (χ0n) is 11.0. The summed E-state index contributed by atoms with van der Waals surface area (Å²) >= 11 is 0. The third-order valence-corrected chi connectivity index (χ3v) is 4.30. The van der Waals surface area contributed by atoms with Crippen LogP contribution in [0.4, 0.5) is 5.69 Å². The molecule has 1 aromatic heterocycles. The summed E-state index contributed by atoms with van der Waals surface area (Å²) in [4.78, 5) is 12.2. The summed E-state index contributed by atoms with van der Waals surface area (Å²) < 4.78 is 5.79. The highest BCUT2D eigenvalue weighted by Crippen LogP contribution is 2.40. The molecule has 20 heavy (non-hydrogen) atoms. The van der Waals surface area contributed by atoms with Crippen molar-refractivity contribution in [3.8, 4) is 0 Å². The average molecular weight is 272 g/mol. The molecule has 1 amide bonds. The summed E-state index contributed by atoms with van der Waals surface area (Å²) in [5.74, 6) is 0.395. The van der Waals surface area contributed by atoms with E-state index >= 15 is 0 Å². The standard InChI is InChI=1S/C14H16N4O2/c19-13(7-8-6-9-4-5-12(8)20-9)15-10-2-1-3-11-14(10)17-18-16-11/h1-3,8-9,12H,4-7H2,(H,15,19)(H,16,17,18). The molecule has 1 aromatic carbocycles. The first-order valence-corrected chi connectivity index (χ1v) is 7.04. The van der Waals surface area contributed by atoms with Crippen molar-refractivity contribution in [3.05, 3.63) is 18.2 Å². The van der Waals surface area contributed by atoms with E-state index in [1.54, 1.807) is 0 Å². The fraction of sp³-hybridized carbons (Fsp3) is 0.500. The topological polar surface area (TPSA) is 79.9 Å². The summed E-state index contributed by atoms with van der Waals surface area (Å²) in [6.07, 6.45) is 4.47. The Bertz CT molecular complexity index is 653.